The number of ether oxygens (including phenoxy) is 1. The number of esters is 1. The number of hydrogen-bond donors (Lipinski definition) is 0. The molecule has 1 aliphatic rings. The number of carbonyl (C=O) groups is 3. The van der Waals surface area contributed by atoms with Gasteiger partial charge in [-0.3, -0.25) is 14.4 Å². The predicted octanol–water partition coefficient (Wildman–Crippen LogP) is 3.71. The van der Waals surface area contributed by atoms with Gasteiger partial charge in [-0.05, 0) is 57.0 Å². The van der Waals surface area contributed by atoms with Gasteiger partial charge in [0.2, 0.25) is 5.78 Å². The number of nitrogens with zero attached hydrogens (tertiary/aromatic N) is 2. The summed E-state index contributed by atoms with van der Waals surface area (Å²) in [5, 5.41) is 0. The van der Waals surface area contributed by atoms with E-state index in [0.29, 0.717) is 37.1 Å². The second-order valence-electron chi connectivity index (χ2n) is 7.81. The first-order valence-corrected chi connectivity index (χ1v) is 10.3. The Balaban J connectivity index is 1.58. The molecule has 6 nitrogen and oxygen atoms in total. The monoisotopic (exact) mass is 426 g/mol. The number of ketones is 1. The predicted molar refractivity (Wildman–Crippen MR) is 114 cm³/mol. The molecule has 0 spiro atoms. The van der Waals surface area contributed by atoms with Crippen molar-refractivity contribution in [2.24, 2.45) is 5.92 Å². The van der Waals surface area contributed by atoms with Gasteiger partial charge in [-0.15, -0.1) is 6.58 Å². The van der Waals surface area contributed by atoms with Crippen molar-refractivity contribution in [3.63, 3.8) is 0 Å². The second kappa shape index (κ2) is 9.73. The van der Waals surface area contributed by atoms with Crippen LogP contribution in [0.3, 0.4) is 0 Å². The number of piperidine rings is 1. The summed E-state index contributed by atoms with van der Waals surface area (Å²) in [5.41, 5.74) is 2.66. The summed E-state index contributed by atoms with van der Waals surface area (Å²) in [6, 6.07) is 7.13. The van der Waals surface area contributed by atoms with Gasteiger partial charge in [0.1, 0.15) is 5.82 Å². The lowest BCUT2D eigenvalue weighted by molar-refractivity contribution is -0.148. The molecule has 164 valence electrons. The topological polar surface area (TPSA) is 68.6 Å². The number of likely N-dealkylation sites (tertiary alicyclic amines) is 1. The molecule has 2 heterocycles. The summed E-state index contributed by atoms with van der Waals surface area (Å²) in [5.74, 6) is -1.88. The molecule has 0 N–H and O–H groups in total. The SMILES string of the molecule is C=CCn1c(C)cc(C(=O)COC(=O)C2CCCN(C(=O)c3ccc(F)cc3)C2)c1C. The number of allylic oxidation sites excluding steroid dienone is 1. The summed E-state index contributed by atoms with van der Waals surface area (Å²) in [6.07, 6.45) is 3.01. The highest BCUT2D eigenvalue weighted by Gasteiger charge is 2.30. The summed E-state index contributed by atoms with van der Waals surface area (Å²) in [4.78, 5) is 39.4. The lowest BCUT2D eigenvalue weighted by atomic mass is 9.97. The van der Waals surface area contributed by atoms with Gasteiger partial charge in [0, 0.05) is 42.1 Å². The first-order valence-electron chi connectivity index (χ1n) is 10.3. The van der Waals surface area contributed by atoms with E-state index >= 15 is 0 Å². The van der Waals surface area contributed by atoms with E-state index < -0.39 is 17.7 Å². The number of halogens is 1. The molecule has 3 rings (SSSR count). The smallest absolute Gasteiger partial charge is 0.311 e. The Morgan fingerprint density at radius 3 is 2.61 bits per heavy atom. The minimum atomic E-state index is -0.487. The summed E-state index contributed by atoms with van der Waals surface area (Å²) >= 11 is 0. The van der Waals surface area contributed by atoms with Gasteiger partial charge in [-0.1, -0.05) is 6.08 Å². The van der Waals surface area contributed by atoms with Crippen LogP contribution < -0.4 is 0 Å². The molecule has 0 saturated carbocycles. The van der Waals surface area contributed by atoms with Crippen molar-refractivity contribution in [3.8, 4) is 0 Å². The zero-order chi connectivity index (χ0) is 22.5. The van der Waals surface area contributed by atoms with Gasteiger partial charge in [0.25, 0.3) is 5.91 Å². The van der Waals surface area contributed by atoms with Crippen molar-refractivity contribution >= 4 is 17.7 Å². The quantitative estimate of drug-likeness (QED) is 0.385. The van der Waals surface area contributed by atoms with E-state index in [1.54, 1.807) is 17.0 Å². The number of aryl methyl sites for hydroxylation is 1. The maximum atomic E-state index is 13.1. The number of amides is 1. The van der Waals surface area contributed by atoms with Gasteiger partial charge in [0.15, 0.2) is 6.61 Å². The van der Waals surface area contributed by atoms with Crippen LogP contribution in [0.2, 0.25) is 0 Å². The number of hydrogen-bond acceptors (Lipinski definition) is 4. The normalized spacial score (nSPS) is 16.1. The standard InChI is InChI=1S/C24H27FN2O4/c1-4-11-27-16(2)13-21(17(27)3)22(28)15-31-24(30)19-6-5-12-26(14-19)23(29)18-7-9-20(25)10-8-18/h4,7-10,13,19H,1,5-6,11-12,14-15H2,2-3H3. The van der Waals surface area contributed by atoms with Crippen molar-refractivity contribution in [2.45, 2.75) is 33.2 Å². The molecule has 1 amide bonds. The zero-order valence-corrected chi connectivity index (χ0v) is 17.9. The van der Waals surface area contributed by atoms with Crippen molar-refractivity contribution in [1.82, 2.24) is 9.47 Å². The molecule has 1 saturated heterocycles. The molecule has 1 aromatic heterocycles. The average molecular weight is 426 g/mol. The number of Topliss-reactive ketones (excluding diaryl/α,β-unsaturated/α-hetero) is 1. The molecule has 0 bridgehead atoms. The van der Waals surface area contributed by atoms with E-state index in [4.69, 9.17) is 4.74 Å². The maximum absolute atomic E-state index is 13.1. The lowest BCUT2D eigenvalue weighted by Crippen LogP contribution is -2.43. The zero-order valence-electron chi connectivity index (χ0n) is 17.9. The molecule has 1 fully saturated rings. The van der Waals surface area contributed by atoms with Crippen LogP contribution in [-0.2, 0) is 16.1 Å². The third-order valence-electron chi connectivity index (χ3n) is 5.66. The van der Waals surface area contributed by atoms with Crippen LogP contribution in [0.25, 0.3) is 0 Å². The second-order valence-corrected chi connectivity index (χ2v) is 7.81. The molecule has 1 aliphatic heterocycles. The van der Waals surface area contributed by atoms with E-state index in [1.165, 1.54) is 24.3 Å². The summed E-state index contributed by atoms with van der Waals surface area (Å²) in [6.45, 7) is 8.50. The Kier molecular flexibility index (Phi) is 7.05. The molecule has 0 aliphatic carbocycles. The fraction of sp³-hybridized carbons (Fsp3) is 0.375. The number of carbonyl (C=O) groups excluding carboxylic acids is 3. The summed E-state index contributed by atoms with van der Waals surface area (Å²) in [7, 11) is 0. The highest BCUT2D eigenvalue weighted by Crippen LogP contribution is 2.21. The largest absolute Gasteiger partial charge is 0.457 e. The highest BCUT2D eigenvalue weighted by atomic mass is 19.1. The Morgan fingerprint density at radius 1 is 1.23 bits per heavy atom. The third kappa shape index (κ3) is 5.10. The molecular weight excluding hydrogens is 399 g/mol. The molecule has 7 heteroatoms. The molecule has 2 aromatic rings. The number of benzene rings is 1. The number of rotatable bonds is 7. The van der Waals surface area contributed by atoms with Crippen molar-refractivity contribution in [1.29, 1.82) is 0 Å². The minimum Gasteiger partial charge on any atom is -0.457 e. The van der Waals surface area contributed by atoms with Gasteiger partial charge in [-0.2, -0.15) is 0 Å². The van der Waals surface area contributed by atoms with Crippen LogP contribution in [0.4, 0.5) is 4.39 Å². The van der Waals surface area contributed by atoms with Crippen LogP contribution in [0.5, 0.6) is 0 Å². The van der Waals surface area contributed by atoms with E-state index in [2.05, 4.69) is 6.58 Å². The Bertz CT molecular complexity index is 994. The van der Waals surface area contributed by atoms with Crippen molar-refractivity contribution < 1.29 is 23.5 Å². The average Bonchev–Trinajstić information content (AvgIpc) is 3.06. The lowest BCUT2D eigenvalue weighted by Gasteiger charge is -2.31. The third-order valence-corrected chi connectivity index (χ3v) is 5.66. The van der Waals surface area contributed by atoms with E-state index in [1.807, 2.05) is 18.4 Å². The Morgan fingerprint density at radius 2 is 1.94 bits per heavy atom. The van der Waals surface area contributed by atoms with Crippen molar-refractivity contribution in [3.05, 3.63) is 71.3 Å². The minimum absolute atomic E-state index is 0.219. The first-order chi connectivity index (χ1) is 14.8. The van der Waals surface area contributed by atoms with Crippen LogP contribution in [0.1, 0.15) is 44.9 Å². The summed E-state index contributed by atoms with van der Waals surface area (Å²) < 4.78 is 20.4. The Hall–Kier alpha value is -3.22. The molecule has 0 radical (unpaired) electrons. The molecule has 1 aromatic carbocycles. The fourth-order valence-corrected chi connectivity index (χ4v) is 3.95. The highest BCUT2D eigenvalue weighted by molar-refractivity contribution is 5.99. The van der Waals surface area contributed by atoms with Crippen molar-refractivity contribution in [2.75, 3.05) is 19.7 Å². The van der Waals surface area contributed by atoms with E-state index in [-0.39, 0.29) is 24.8 Å². The van der Waals surface area contributed by atoms with Gasteiger partial charge in [0.05, 0.1) is 5.92 Å². The fourth-order valence-electron chi connectivity index (χ4n) is 3.95. The van der Waals surface area contributed by atoms with Crippen LogP contribution >= 0.6 is 0 Å². The maximum Gasteiger partial charge on any atom is 0.311 e. The molecule has 1 unspecified atom stereocenters. The Labute approximate surface area is 181 Å². The van der Waals surface area contributed by atoms with Crippen LogP contribution in [0.15, 0.2) is 43.0 Å². The number of aromatic nitrogens is 1. The van der Waals surface area contributed by atoms with E-state index in [9.17, 15) is 18.8 Å². The van der Waals surface area contributed by atoms with Crippen LogP contribution in [0, 0.1) is 25.6 Å². The molecular formula is C24H27FN2O4. The van der Waals surface area contributed by atoms with Gasteiger partial charge in [-0.25, -0.2) is 4.39 Å². The molecule has 1 atom stereocenters. The van der Waals surface area contributed by atoms with Gasteiger partial charge >= 0.3 is 5.97 Å². The van der Waals surface area contributed by atoms with Gasteiger partial charge < -0.3 is 14.2 Å². The first kappa shape index (κ1) is 22.5. The van der Waals surface area contributed by atoms with Crippen LogP contribution in [-0.4, -0.2) is 46.8 Å². The van der Waals surface area contributed by atoms with E-state index in [0.717, 1.165) is 11.4 Å². The molecule has 31 heavy (non-hydrogen) atoms.